The molecule has 4 nitrogen and oxygen atoms in total. The molecule has 0 aliphatic carbocycles. The quantitative estimate of drug-likeness (QED) is 0.724. The number of carbonyl (C=O) groups excluding carboxylic acids is 1. The Balaban J connectivity index is 2.41. The number of aliphatic carboxylic acids is 1. The molecule has 1 rings (SSSR count). The van der Waals surface area contributed by atoms with E-state index in [9.17, 15) is 9.59 Å². The van der Waals surface area contributed by atoms with Crippen LogP contribution in [0.15, 0.2) is 29.2 Å². The molecule has 2 unspecified atom stereocenters. The van der Waals surface area contributed by atoms with E-state index >= 15 is 0 Å². The van der Waals surface area contributed by atoms with Crippen LogP contribution in [0.1, 0.15) is 32.3 Å². The van der Waals surface area contributed by atoms with E-state index in [1.54, 1.807) is 11.8 Å². The number of carbonyl (C=O) groups is 2. The van der Waals surface area contributed by atoms with Gasteiger partial charge in [0.15, 0.2) is 0 Å². The van der Waals surface area contributed by atoms with E-state index in [0.29, 0.717) is 12.2 Å². The third kappa shape index (κ3) is 6.21. The highest BCUT2D eigenvalue weighted by Crippen LogP contribution is 2.19. The van der Waals surface area contributed by atoms with Crippen molar-refractivity contribution in [1.82, 2.24) is 5.32 Å². The Morgan fingerprint density at radius 1 is 1.38 bits per heavy atom. The van der Waals surface area contributed by atoms with Crippen LogP contribution in [-0.2, 0) is 9.59 Å². The second-order valence-electron chi connectivity index (χ2n) is 5.18. The van der Waals surface area contributed by atoms with Gasteiger partial charge in [-0.3, -0.25) is 4.79 Å². The first kappa shape index (κ1) is 17.6. The van der Waals surface area contributed by atoms with Crippen LogP contribution in [0, 0.1) is 12.8 Å². The third-order valence-electron chi connectivity index (χ3n) is 3.38. The molecule has 0 spiro atoms. The third-order valence-corrected chi connectivity index (χ3v) is 4.38. The molecule has 1 aromatic rings. The lowest BCUT2D eigenvalue weighted by molar-refractivity contribution is -0.143. The van der Waals surface area contributed by atoms with Crippen LogP contribution in [-0.4, -0.2) is 28.8 Å². The lowest BCUT2D eigenvalue weighted by Gasteiger charge is -2.20. The first-order chi connectivity index (χ1) is 9.93. The highest BCUT2D eigenvalue weighted by Gasteiger charge is 2.24. The van der Waals surface area contributed by atoms with E-state index in [1.807, 2.05) is 39.0 Å². The maximum atomic E-state index is 11.8. The Morgan fingerprint density at radius 2 is 2.10 bits per heavy atom. The van der Waals surface area contributed by atoms with Crippen molar-refractivity contribution in [2.45, 2.75) is 44.6 Å². The topological polar surface area (TPSA) is 66.4 Å². The smallest absolute Gasteiger partial charge is 0.326 e. The molecule has 0 aromatic heterocycles. The van der Waals surface area contributed by atoms with Crippen molar-refractivity contribution in [3.63, 3.8) is 0 Å². The second-order valence-corrected chi connectivity index (χ2v) is 6.35. The van der Waals surface area contributed by atoms with E-state index in [0.717, 1.165) is 11.3 Å². The summed E-state index contributed by atoms with van der Waals surface area (Å²) in [6.45, 7) is 5.78. The molecule has 2 N–H and O–H groups in total. The number of rotatable bonds is 8. The van der Waals surface area contributed by atoms with E-state index in [-0.39, 0.29) is 11.8 Å². The lowest BCUT2D eigenvalue weighted by Crippen LogP contribution is -2.45. The Morgan fingerprint density at radius 3 is 2.67 bits per heavy atom. The summed E-state index contributed by atoms with van der Waals surface area (Å²) in [5, 5.41) is 11.8. The maximum Gasteiger partial charge on any atom is 0.326 e. The van der Waals surface area contributed by atoms with Crippen molar-refractivity contribution in [2.24, 2.45) is 5.92 Å². The SMILES string of the molecule is CCC(C)C(NC(=O)CCSc1cccc(C)c1)C(=O)O. The summed E-state index contributed by atoms with van der Waals surface area (Å²) in [4.78, 5) is 24.1. The van der Waals surface area contributed by atoms with Crippen LogP contribution >= 0.6 is 11.8 Å². The number of nitrogens with one attached hydrogen (secondary N) is 1. The normalized spacial score (nSPS) is 13.5. The lowest BCUT2D eigenvalue weighted by atomic mass is 9.99. The predicted molar refractivity (Wildman–Crippen MR) is 85.5 cm³/mol. The molecule has 0 aliphatic heterocycles. The fourth-order valence-corrected chi connectivity index (χ4v) is 2.86. The van der Waals surface area contributed by atoms with Gasteiger partial charge in [-0.15, -0.1) is 11.8 Å². The highest BCUT2D eigenvalue weighted by molar-refractivity contribution is 7.99. The minimum absolute atomic E-state index is 0.0733. The van der Waals surface area contributed by atoms with Crippen LogP contribution in [0.4, 0.5) is 0 Å². The minimum atomic E-state index is -0.968. The van der Waals surface area contributed by atoms with Gasteiger partial charge < -0.3 is 10.4 Å². The number of thioether (sulfide) groups is 1. The Labute approximate surface area is 130 Å². The number of hydrogen-bond acceptors (Lipinski definition) is 3. The minimum Gasteiger partial charge on any atom is -0.480 e. The molecule has 2 atom stereocenters. The maximum absolute atomic E-state index is 11.8. The van der Waals surface area contributed by atoms with Gasteiger partial charge in [0.25, 0.3) is 0 Å². The van der Waals surface area contributed by atoms with Gasteiger partial charge in [-0.1, -0.05) is 38.0 Å². The molecule has 0 radical (unpaired) electrons. The Kier molecular flexibility index (Phi) is 7.29. The number of carboxylic acids is 1. The van der Waals surface area contributed by atoms with E-state index < -0.39 is 12.0 Å². The molecule has 21 heavy (non-hydrogen) atoms. The summed E-state index contributed by atoms with van der Waals surface area (Å²) in [5.41, 5.74) is 1.19. The molecule has 0 fully saturated rings. The van der Waals surface area contributed by atoms with Crippen molar-refractivity contribution >= 4 is 23.6 Å². The fraction of sp³-hybridized carbons (Fsp3) is 0.500. The van der Waals surface area contributed by atoms with Crippen LogP contribution in [0.2, 0.25) is 0 Å². The second kappa shape index (κ2) is 8.72. The van der Waals surface area contributed by atoms with E-state index in [1.165, 1.54) is 5.56 Å². The van der Waals surface area contributed by atoms with Crippen molar-refractivity contribution in [1.29, 1.82) is 0 Å². The van der Waals surface area contributed by atoms with Crippen molar-refractivity contribution in [3.8, 4) is 0 Å². The monoisotopic (exact) mass is 309 g/mol. The summed E-state index contributed by atoms with van der Waals surface area (Å²) < 4.78 is 0. The van der Waals surface area contributed by atoms with Gasteiger partial charge in [-0.05, 0) is 25.0 Å². The molecule has 5 heteroatoms. The standard InChI is InChI=1S/C16H23NO3S/c1-4-12(3)15(16(19)20)17-14(18)8-9-21-13-7-5-6-11(2)10-13/h5-7,10,12,15H,4,8-9H2,1-3H3,(H,17,18)(H,19,20). The number of benzene rings is 1. The first-order valence-corrected chi connectivity index (χ1v) is 8.14. The van der Waals surface area contributed by atoms with Crippen LogP contribution in [0.3, 0.4) is 0 Å². The molecule has 0 saturated heterocycles. The van der Waals surface area contributed by atoms with E-state index in [4.69, 9.17) is 5.11 Å². The molecule has 1 aromatic carbocycles. The summed E-state index contributed by atoms with van der Waals surface area (Å²) >= 11 is 1.60. The molecule has 0 saturated carbocycles. The van der Waals surface area contributed by atoms with Crippen molar-refractivity contribution in [3.05, 3.63) is 29.8 Å². The first-order valence-electron chi connectivity index (χ1n) is 7.15. The highest BCUT2D eigenvalue weighted by atomic mass is 32.2. The molecule has 0 heterocycles. The molecule has 1 amide bonds. The van der Waals surface area contributed by atoms with E-state index in [2.05, 4.69) is 11.4 Å². The summed E-state index contributed by atoms with van der Waals surface area (Å²) in [5.74, 6) is -0.606. The van der Waals surface area contributed by atoms with Gasteiger partial charge in [0.05, 0.1) is 0 Å². The molecule has 0 aliphatic rings. The molecule has 116 valence electrons. The fourth-order valence-electron chi connectivity index (χ4n) is 1.90. The van der Waals surface area contributed by atoms with Gasteiger partial charge in [-0.25, -0.2) is 4.79 Å². The zero-order valence-electron chi connectivity index (χ0n) is 12.8. The number of carboxylic acid groups (broad SMARTS) is 1. The molecular weight excluding hydrogens is 286 g/mol. The van der Waals surface area contributed by atoms with Crippen LogP contribution in [0.5, 0.6) is 0 Å². The van der Waals surface area contributed by atoms with Gasteiger partial charge in [-0.2, -0.15) is 0 Å². The zero-order valence-corrected chi connectivity index (χ0v) is 13.6. The van der Waals surface area contributed by atoms with Crippen molar-refractivity contribution in [2.75, 3.05) is 5.75 Å². The predicted octanol–water partition coefficient (Wildman–Crippen LogP) is 3.09. The van der Waals surface area contributed by atoms with Gasteiger partial charge in [0, 0.05) is 17.1 Å². The Bertz CT molecular complexity index is 490. The van der Waals surface area contributed by atoms with Crippen LogP contribution in [0.25, 0.3) is 0 Å². The van der Waals surface area contributed by atoms with Gasteiger partial charge in [0.1, 0.15) is 6.04 Å². The summed E-state index contributed by atoms with van der Waals surface area (Å²) in [6.07, 6.45) is 1.04. The van der Waals surface area contributed by atoms with Crippen LogP contribution < -0.4 is 5.32 Å². The number of amides is 1. The average Bonchev–Trinajstić information content (AvgIpc) is 2.43. The molecule has 0 bridgehead atoms. The average molecular weight is 309 g/mol. The van der Waals surface area contributed by atoms with Gasteiger partial charge >= 0.3 is 5.97 Å². The Hall–Kier alpha value is -1.49. The largest absolute Gasteiger partial charge is 0.480 e. The van der Waals surface area contributed by atoms with Crippen molar-refractivity contribution < 1.29 is 14.7 Å². The summed E-state index contributed by atoms with van der Waals surface area (Å²) in [6, 6.07) is 7.30. The summed E-state index contributed by atoms with van der Waals surface area (Å²) in [7, 11) is 0. The molecular formula is C16H23NO3S. The number of aryl methyl sites for hydroxylation is 1. The van der Waals surface area contributed by atoms with Gasteiger partial charge in [0.2, 0.25) is 5.91 Å². The zero-order chi connectivity index (χ0) is 15.8. The number of hydrogen-bond donors (Lipinski definition) is 2.